The molecule has 0 radical (unpaired) electrons. The van der Waals surface area contributed by atoms with Gasteiger partial charge in [-0.15, -0.1) is 11.3 Å². The Morgan fingerprint density at radius 1 is 1.00 bits per heavy atom. The van der Waals surface area contributed by atoms with E-state index >= 15 is 0 Å². The number of hydrogen-bond donors (Lipinski definition) is 2. The second kappa shape index (κ2) is 7.24. The summed E-state index contributed by atoms with van der Waals surface area (Å²) in [5.41, 5.74) is 11.3. The van der Waals surface area contributed by atoms with Crippen LogP contribution in [0.4, 0.5) is 11.4 Å². The molecule has 6 heteroatoms. The van der Waals surface area contributed by atoms with Gasteiger partial charge >= 0.3 is 0 Å². The summed E-state index contributed by atoms with van der Waals surface area (Å²) in [6, 6.07) is 21.4. The SMILES string of the molecule is Cc1cc2c(N)c(C(=O)Nc3cccc4ncccc34)sc2nc1-c1ccccc1. The van der Waals surface area contributed by atoms with Gasteiger partial charge in [0.1, 0.15) is 9.71 Å². The molecule has 0 saturated carbocycles. The number of benzene rings is 2. The highest BCUT2D eigenvalue weighted by atomic mass is 32.1. The number of rotatable bonds is 3. The maximum Gasteiger partial charge on any atom is 0.267 e. The lowest BCUT2D eigenvalue weighted by atomic mass is 10.1. The summed E-state index contributed by atoms with van der Waals surface area (Å²) in [4.78, 5) is 23.4. The first-order valence-electron chi connectivity index (χ1n) is 9.52. The third-order valence-corrected chi connectivity index (χ3v) is 6.17. The Hall–Kier alpha value is -3.77. The Kier molecular flexibility index (Phi) is 4.41. The van der Waals surface area contributed by atoms with Crippen LogP contribution in [-0.4, -0.2) is 15.9 Å². The van der Waals surface area contributed by atoms with E-state index in [9.17, 15) is 4.79 Å². The number of nitrogens with zero attached hydrogens (tertiary/aromatic N) is 2. The summed E-state index contributed by atoms with van der Waals surface area (Å²) >= 11 is 1.31. The van der Waals surface area contributed by atoms with Crippen LogP contribution < -0.4 is 11.1 Å². The van der Waals surface area contributed by atoms with Gasteiger partial charge in [0.2, 0.25) is 0 Å². The lowest BCUT2D eigenvalue weighted by Gasteiger charge is -2.07. The Balaban J connectivity index is 1.55. The van der Waals surface area contributed by atoms with Crippen molar-refractivity contribution in [3.63, 3.8) is 0 Å². The molecule has 3 aromatic heterocycles. The van der Waals surface area contributed by atoms with Crippen LogP contribution in [0.15, 0.2) is 72.9 Å². The Morgan fingerprint density at radius 3 is 2.67 bits per heavy atom. The van der Waals surface area contributed by atoms with Gasteiger partial charge in [0, 0.05) is 22.5 Å². The second-order valence-electron chi connectivity index (χ2n) is 7.05. The summed E-state index contributed by atoms with van der Waals surface area (Å²) in [5, 5.41) is 4.68. The van der Waals surface area contributed by atoms with Gasteiger partial charge in [0.05, 0.1) is 22.6 Å². The van der Waals surface area contributed by atoms with E-state index in [0.29, 0.717) is 16.3 Å². The molecule has 30 heavy (non-hydrogen) atoms. The Labute approximate surface area is 177 Å². The molecule has 0 atom stereocenters. The first-order chi connectivity index (χ1) is 14.6. The fraction of sp³-hybridized carbons (Fsp3) is 0.0417. The summed E-state index contributed by atoms with van der Waals surface area (Å²) in [6.07, 6.45) is 1.73. The van der Waals surface area contributed by atoms with Crippen LogP contribution in [0.1, 0.15) is 15.2 Å². The third kappa shape index (κ3) is 3.07. The monoisotopic (exact) mass is 410 g/mol. The molecule has 0 bridgehead atoms. The van der Waals surface area contributed by atoms with Gasteiger partial charge in [-0.05, 0) is 42.8 Å². The van der Waals surface area contributed by atoms with Crippen LogP contribution >= 0.6 is 11.3 Å². The predicted octanol–water partition coefficient (Wildman–Crippen LogP) is 5.65. The topological polar surface area (TPSA) is 80.9 Å². The first-order valence-corrected chi connectivity index (χ1v) is 10.3. The minimum Gasteiger partial charge on any atom is -0.397 e. The predicted molar refractivity (Wildman–Crippen MR) is 124 cm³/mol. The van der Waals surface area contributed by atoms with E-state index in [1.165, 1.54) is 11.3 Å². The number of thiophene rings is 1. The smallest absolute Gasteiger partial charge is 0.267 e. The highest BCUT2D eigenvalue weighted by molar-refractivity contribution is 7.21. The number of anilines is 2. The van der Waals surface area contributed by atoms with Gasteiger partial charge in [-0.3, -0.25) is 9.78 Å². The molecule has 0 aliphatic rings. The molecule has 3 heterocycles. The molecule has 0 aliphatic heterocycles. The van der Waals surface area contributed by atoms with Crippen LogP contribution in [0.25, 0.3) is 32.4 Å². The normalized spacial score (nSPS) is 11.1. The molecule has 0 saturated heterocycles. The fourth-order valence-electron chi connectivity index (χ4n) is 3.59. The van der Waals surface area contributed by atoms with Crippen molar-refractivity contribution in [2.24, 2.45) is 0 Å². The van der Waals surface area contributed by atoms with E-state index in [1.807, 2.05) is 73.7 Å². The van der Waals surface area contributed by atoms with Gasteiger partial charge in [0.15, 0.2) is 0 Å². The van der Waals surface area contributed by atoms with Crippen LogP contribution in [0, 0.1) is 6.92 Å². The molecular weight excluding hydrogens is 392 g/mol. The van der Waals surface area contributed by atoms with Crippen molar-refractivity contribution in [2.45, 2.75) is 6.92 Å². The summed E-state index contributed by atoms with van der Waals surface area (Å²) in [7, 11) is 0. The molecule has 1 amide bonds. The van der Waals surface area contributed by atoms with Crippen molar-refractivity contribution in [1.29, 1.82) is 0 Å². The molecule has 2 aromatic carbocycles. The number of nitrogens with two attached hydrogens (primary N) is 1. The zero-order valence-corrected chi connectivity index (χ0v) is 17.0. The van der Waals surface area contributed by atoms with Crippen molar-refractivity contribution in [2.75, 3.05) is 11.1 Å². The van der Waals surface area contributed by atoms with E-state index < -0.39 is 0 Å². The van der Waals surface area contributed by atoms with Crippen LogP contribution in [0.5, 0.6) is 0 Å². The quantitative estimate of drug-likeness (QED) is 0.402. The van der Waals surface area contributed by atoms with E-state index in [1.54, 1.807) is 6.20 Å². The molecule has 0 aliphatic carbocycles. The maximum absolute atomic E-state index is 13.1. The van der Waals surface area contributed by atoms with Crippen molar-refractivity contribution in [1.82, 2.24) is 9.97 Å². The molecule has 0 spiro atoms. The highest BCUT2D eigenvalue weighted by Gasteiger charge is 2.19. The van der Waals surface area contributed by atoms with Crippen LogP contribution in [-0.2, 0) is 0 Å². The average molecular weight is 411 g/mol. The van der Waals surface area contributed by atoms with Crippen molar-refractivity contribution >= 4 is 49.7 Å². The minimum absolute atomic E-state index is 0.245. The number of nitrogens with one attached hydrogen (secondary N) is 1. The molecule has 146 valence electrons. The molecule has 3 N–H and O–H groups in total. The van der Waals surface area contributed by atoms with Gasteiger partial charge in [0.25, 0.3) is 5.91 Å². The number of carbonyl (C=O) groups excluding carboxylic acids is 1. The summed E-state index contributed by atoms with van der Waals surface area (Å²) < 4.78 is 0. The zero-order valence-electron chi connectivity index (χ0n) is 16.2. The van der Waals surface area contributed by atoms with Gasteiger partial charge in [-0.25, -0.2) is 4.98 Å². The van der Waals surface area contributed by atoms with E-state index in [4.69, 9.17) is 10.7 Å². The molecule has 0 unspecified atom stereocenters. The van der Waals surface area contributed by atoms with Crippen LogP contribution in [0.2, 0.25) is 0 Å². The number of carbonyl (C=O) groups is 1. The average Bonchev–Trinajstić information content (AvgIpc) is 3.10. The molecule has 0 fully saturated rings. The van der Waals surface area contributed by atoms with Crippen molar-refractivity contribution < 1.29 is 4.79 Å². The summed E-state index contributed by atoms with van der Waals surface area (Å²) in [6.45, 7) is 2.01. The minimum atomic E-state index is -0.245. The highest BCUT2D eigenvalue weighted by Crippen LogP contribution is 2.36. The molecule has 5 rings (SSSR count). The summed E-state index contributed by atoms with van der Waals surface area (Å²) in [5.74, 6) is -0.245. The van der Waals surface area contributed by atoms with Crippen molar-refractivity contribution in [3.05, 3.63) is 83.4 Å². The number of fused-ring (bicyclic) bond motifs is 2. The van der Waals surface area contributed by atoms with Gasteiger partial charge in [-0.2, -0.15) is 0 Å². The number of nitrogen functional groups attached to an aromatic ring is 1. The van der Waals surface area contributed by atoms with E-state index in [-0.39, 0.29) is 5.91 Å². The van der Waals surface area contributed by atoms with E-state index in [2.05, 4.69) is 10.3 Å². The number of aryl methyl sites for hydroxylation is 1. The number of amides is 1. The lowest BCUT2D eigenvalue weighted by Crippen LogP contribution is -2.12. The van der Waals surface area contributed by atoms with Gasteiger partial charge in [-0.1, -0.05) is 36.4 Å². The largest absolute Gasteiger partial charge is 0.397 e. The first kappa shape index (κ1) is 18.3. The van der Waals surface area contributed by atoms with E-state index in [0.717, 1.165) is 37.9 Å². The zero-order chi connectivity index (χ0) is 20.7. The maximum atomic E-state index is 13.1. The standard InChI is InChI=1S/C24H18N4OS/c1-14-13-17-20(25)22(30-24(17)28-21(14)15-7-3-2-4-8-15)23(29)27-19-11-5-10-18-16(19)9-6-12-26-18/h2-13H,25H2,1H3,(H,27,29). The fourth-order valence-corrected chi connectivity index (χ4v) is 4.56. The van der Waals surface area contributed by atoms with Crippen LogP contribution in [0.3, 0.4) is 0 Å². The Bertz CT molecular complexity index is 1400. The number of pyridine rings is 2. The molecule has 5 aromatic rings. The third-order valence-electron chi connectivity index (χ3n) is 5.06. The number of aromatic nitrogens is 2. The second-order valence-corrected chi connectivity index (χ2v) is 8.05. The lowest BCUT2D eigenvalue weighted by molar-refractivity contribution is 0.103. The molecular formula is C24H18N4OS. The Morgan fingerprint density at radius 2 is 1.83 bits per heavy atom. The number of hydrogen-bond acceptors (Lipinski definition) is 5. The molecule has 5 nitrogen and oxygen atoms in total. The van der Waals surface area contributed by atoms with Crippen molar-refractivity contribution in [3.8, 4) is 11.3 Å². The van der Waals surface area contributed by atoms with Gasteiger partial charge < -0.3 is 11.1 Å².